The summed E-state index contributed by atoms with van der Waals surface area (Å²) in [5.74, 6) is 2.09. The number of hydrogen-bond donors (Lipinski definition) is 1. The number of benzene rings is 1. The van der Waals surface area contributed by atoms with E-state index in [0.717, 1.165) is 30.2 Å². The van der Waals surface area contributed by atoms with Crippen LogP contribution in [0.3, 0.4) is 0 Å². The molecule has 2 amide bonds. The van der Waals surface area contributed by atoms with Crippen molar-refractivity contribution < 1.29 is 4.79 Å². The first-order valence-corrected chi connectivity index (χ1v) is 8.77. The first-order chi connectivity index (χ1) is 9.88. The lowest BCUT2D eigenvalue weighted by molar-refractivity contribution is 0.199. The van der Waals surface area contributed by atoms with E-state index in [0.29, 0.717) is 0 Å². The van der Waals surface area contributed by atoms with E-state index in [1.807, 2.05) is 23.6 Å². The maximum absolute atomic E-state index is 12.2. The van der Waals surface area contributed by atoms with E-state index >= 15 is 0 Å². The minimum atomic E-state index is 0.0427. The highest BCUT2D eigenvalue weighted by Gasteiger charge is 2.19. The molecule has 0 spiro atoms. The predicted molar refractivity (Wildman–Crippen MR) is 91.0 cm³/mol. The fraction of sp³-hybridized carbons (Fsp3) is 0.588. The number of hydrogen-bond acceptors (Lipinski definition) is 2. The first kappa shape index (κ1) is 16.2. The largest absolute Gasteiger partial charge is 0.331 e. The van der Waals surface area contributed by atoms with Gasteiger partial charge < -0.3 is 10.2 Å². The van der Waals surface area contributed by atoms with Gasteiger partial charge in [0.2, 0.25) is 0 Å². The second-order valence-corrected chi connectivity index (χ2v) is 7.87. The van der Waals surface area contributed by atoms with Crippen molar-refractivity contribution in [3.63, 3.8) is 0 Å². The van der Waals surface area contributed by atoms with Crippen LogP contribution in [0.4, 0.5) is 4.79 Å². The second-order valence-electron chi connectivity index (χ2n) is 6.64. The van der Waals surface area contributed by atoms with Crippen LogP contribution in [0.15, 0.2) is 24.3 Å². The van der Waals surface area contributed by atoms with Gasteiger partial charge in [0.1, 0.15) is 0 Å². The monoisotopic (exact) mass is 306 g/mol. The molecule has 0 aliphatic carbocycles. The van der Waals surface area contributed by atoms with Crippen molar-refractivity contribution in [3.05, 3.63) is 35.4 Å². The topological polar surface area (TPSA) is 32.3 Å². The lowest BCUT2D eigenvalue weighted by Crippen LogP contribution is -2.45. The van der Waals surface area contributed by atoms with E-state index in [1.165, 1.54) is 5.56 Å². The maximum atomic E-state index is 12.2. The van der Waals surface area contributed by atoms with Gasteiger partial charge in [0, 0.05) is 24.6 Å². The van der Waals surface area contributed by atoms with Gasteiger partial charge in [-0.15, -0.1) is 0 Å². The van der Waals surface area contributed by atoms with E-state index in [2.05, 4.69) is 50.4 Å². The van der Waals surface area contributed by atoms with Gasteiger partial charge in [0.25, 0.3) is 0 Å². The van der Waals surface area contributed by atoms with Crippen molar-refractivity contribution in [2.75, 3.05) is 24.6 Å². The van der Waals surface area contributed by atoms with Crippen LogP contribution in [0, 0.1) is 0 Å². The molecule has 0 radical (unpaired) electrons. The zero-order chi connectivity index (χ0) is 15.5. The number of nitrogens with zero attached hydrogens (tertiary/aromatic N) is 1. The SMILES string of the molecule is CC(NC(=O)N1CCSCC1)c1ccc(C(C)(C)C)cc1. The van der Waals surface area contributed by atoms with E-state index in [9.17, 15) is 4.79 Å². The highest BCUT2D eigenvalue weighted by molar-refractivity contribution is 7.99. The first-order valence-electron chi connectivity index (χ1n) is 7.61. The van der Waals surface area contributed by atoms with E-state index in [-0.39, 0.29) is 17.5 Å². The summed E-state index contributed by atoms with van der Waals surface area (Å²) in [7, 11) is 0. The fourth-order valence-corrected chi connectivity index (χ4v) is 3.30. The van der Waals surface area contributed by atoms with Crippen molar-refractivity contribution in [2.24, 2.45) is 0 Å². The molecule has 1 aromatic rings. The lowest BCUT2D eigenvalue weighted by Gasteiger charge is -2.28. The van der Waals surface area contributed by atoms with Crippen molar-refractivity contribution in [2.45, 2.75) is 39.2 Å². The highest BCUT2D eigenvalue weighted by atomic mass is 32.2. The molecular formula is C17H26N2OS. The average molecular weight is 306 g/mol. The Bertz CT molecular complexity index is 473. The summed E-state index contributed by atoms with van der Waals surface area (Å²) in [4.78, 5) is 14.1. The van der Waals surface area contributed by atoms with Gasteiger partial charge in [-0.3, -0.25) is 0 Å². The van der Waals surface area contributed by atoms with Crippen molar-refractivity contribution in [1.29, 1.82) is 0 Å². The van der Waals surface area contributed by atoms with Gasteiger partial charge in [-0.1, -0.05) is 45.0 Å². The van der Waals surface area contributed by atoms with E-state index < -0.39 is 0 Å². The summed E-state index contributed by atoms with van der Waals surface area (Å²) in [5.41, 5.74) is 2.64. The third kappa shape index (κ3) is 4.40. The summed E-state index contributed by atoms with van der Waals surface area (Å²) < 4.78 is 0. The predicted octanol–water partition coefficient (Wildman–Crippen LogP) is 3.80. The molecule has 1 atom stereocenters. The number of nitrogens with one attached hydrogen (secondary N) is 1. The minimum Gasteiger partial charge on any atom is -0.331 e. The number of carbonyl (C=O) groups is 1. The smallest absolute Gasteiger partial charge is 0.317 e. The summed E-state index contributed by atoms with van der Waals surface area (Å²) in [5, 5.41) is 3.10. The van der Waals surface area contributed by atoms with Crippen LogP contribution in [-0.2, 0) is 5.41 Å². The molecule has 1 aromatic carbocycles. The normalized spacial score (nSPS) is 17.4. The van der Waals surface area contributed by atoms with Crippen LogP contribution >= 0.6 is 11.8 Å². The summed E-state index contributed by atoms with van der Waals surface area (Å²) in [6.07, 6.45) is 0. The molecule has 1 aliphatic heterocycles. The number of rotatable bonds is 2. The molecule has 1 saturated heterocycles. The third-order valence-electron chi connectivity index (χ3n) is 3.91. The molecule has 1 unspecified atom stereocenters. The number of carbonyl (C=O) groups excluding carboxylic acids is 1. The van der Waals surface area contributed by atoms with Crippen LogP contribution in [0.1, 0.15) is 44.9 Å². The summed E-state index contributed by atoms with van der Waals surface area (Å²) in [6.45, 7) is 10.4. The van der Waals surface area contributed by atoms with E-state index in [1.54, 1.807) is 0 Å². The second kappa shape index (κ2) is 6.73. The Morgan fingerprint density at radius 2 is 1.76 bits per heavy atom. The average Bonchev–Trinajstić information content (AvgIpc) is 2.47. The quantitative estimate of drug-likeness (QED) is 0.901. The molecule has 1 N–H and O–H groups in total. The molecular weight excluding hydrogens is 280 g/mol. The Morgan fingerprint density at radius 3 is 2.29 bits per heavy atom. The van der Waals surface area contributed by atoms with Crippen molar-refractivity contribution in [3.8, 4) is 0 Å². The zero-order valence-electron chi connectivity index (χ0n) is 13.5. The Hall–Kier alpha value is -1.16. The molecule has 2 rings (SSSR count). The molecule has 116 valence electrons. The molecule has 21 heavy (non-hydrogen) atoms. The Labute approximate surface area is 132 Å². The molecule has 3 nitrogen and oxygen atoms in total. The number of urea groups is 1. The summed E-state index contributed by atoms with van der Waals surface area (Å²) in [6, 6.07) is 8.67. The van der Waals surface area contributed by atoms with E-state index in [4.69, 9.17) is 0 Å². The van der Waals surface area contributed by atoms with Gasteiger partial charge in [-0.2, -0.15) is 11.8 Å². The molecule has 0 bridgehead atoms. The molecule has 1 aliphatic rings. The van der Waals surface area contributed by atoms with Crippen LogP contribution in [0.2, 0.25) is 0 Å². The Morgan fingerprint density at radius 1 is 1.19 bits per heavy atom. The van der Waals surface area contributed by atoms with Gasteiger partial charge >= 0.3 is 6.03 Å². The lowest BCUT2D eigenvalue weighted by atomic mass is 9.86. The maximum Gasteiger partial charge on any atom is 0.317 e. The fourth-order valence-electron chi connectivity index (χ4n) is 2.40. The van der Waals surface area contributed by atoms with Gasteiger partial charge in [0.05, 0.1) is 6.04 Å². The number of amides is 2. The number of thioether (sulfide) groups is 1. The minimum absolute atomic E-state index is 0.0427. The van der Waals surface area contributed by atoms with Crippen LogP contribution in [0.5, 0.6) is 0 Å². The van der Waals surface area contributed by atoms with Gasteiger partial charge in [0.15, 0.2) is 0 Å². The van der Waals surface area contributed by atoms with Crippen LogP contribution in [0.25, 0.3) is 0 Å². The molecule has 1 heterocycles. The standard InChI is InChI=1S/C17H26N2OS/c1-13(18-16(20)19-9-11-21-12-10-19)14-5-7-15(8-6-14)17(2,3)4/h5-8,13H,9-12H2,1-4H3,(H,18,20). The van der Waals surface area contributed by atoms with Crippen LogP contribution in [-0.4, -0.2) is 35.5 Å². The molecule has 1 fully saturated rings. The Kier molecular flexibility index (Phi) is 5.20. The Balaban J connectivity index is 1.96. The zero-order valence-corrected chi connectivity index (χ0v) is 14.3. The molecule has 0 saturated carbocycles. The molecule has 4 heteroatoms. The van der Waals surface area contributed by atoms with Crippen LogP contribution < -0.4 is 5.32 Å². The van der Waals surface area contributed by atoms with Gasteiger partial charge in [-0.25, -0.2) is 4.79 Å². The molecule has 0 aromatic heterocycles. The third-order valence-corrected chi connectivity index (χ3v) is 4.86. The summed E-state index contributed by atoms with van der Waals surface area (Å²) >= 11 is 1.91. The van der Waals surface area contributed by atoms with Crippen molar-refractivity contribution in [1.82, 2.24) is 10.2 Å². The van der Waals surface area contributed by atoms with Gasteiger partial charge in [-0.05, 0) is 23.5 Å². The van der Waals surface area contributed by atoms with Crippen molar-refractivity contribution >= 4 is 17.8 Å². The highest BCUT2D eigenvalue weighted by Crippen LogP contribution is 2.24.